The van der Waals surface area contributed by atoms with Crippen LogP contribution < -0.4 is 5.73 Å². The van der Waals surface area contributed by atoms with E-state index in [4.69, 9.17) is 5.73 Å². The Morgan fingerprint density at radius 3 is 2.59 bits per heavy atom. The van der Waals surface area contributed by atoms with Crippen LogP contribution in [0.3, 0.4) is 0 Å². The summed E-state index contributed by atoms with van der Waals surface area (Å²) in [5.74, 6) is -1.30. The van der Waals surface area contributed by atoms with Gasteiger partial charge in [0.05, 0.1) is 4.92 Å². The number of nitro groups is 1. The number of aromatic hydroxyl groups is 2. The van der Waals surface area contributed by atoms with Crippen LogP contribution in [-0.2, 0) is 0 Å². The van der Waals surface area contributed by atoms with Crippen molar-refractivity contribution in [2.75, 3.05) is 0 Å². The second-order valence-electron chi connectivity index (χ2n) is 3.30. The minimum absolute atomic E-state index is 0. The fourth-order valence-corrected chi connectivity index (χ4v) is 1.29. The van der Waals surface area contributed by atoms with Gasteiger partial charge in [0, 0.05) is 12.1 Å². The van der Waals surface area contributed by atoms with E-state index in [1.807, 2.05) is 0 Å². The average molecular weight is 261 g/mol. The fraction of sp³-hybridized carbons (Fsp3) is 0.200. The zero-order valence-corrected chi connectivity index (χ0v) is 9.68. The first-order valence-electron chi connectivity index (χ1n) is 4.54. The normalized spacial score (nSPS) is 11.4. The van der Waals surface area contributed by atoms with E-state index in [0.717, 1.165) is 6.07 Å². The van der Waals surface area contributed by atoms with Crippen molar-refractivity contribution in [2.24, 2.45) is 5.73 Å². The Hall–Kier alpha value is -1.79. The molecule has 0 aliphatic rings. The van der Waals surface area contributed by atoms with Crippen molar-refractivity contribution in [3.8, 4) is 11.5 Å². The van der Waals surface area contributed by atoms with Crippen LogP contribution in [-0.4, -0.2) is 15.1 Å². The highest BCUT2D eigenvalue weighted by molar-refractivity contribution is 5.85. The third-order valence-corrected chi connectivity index (χ3v) is 2.14. The Bertz CT molecular complexity index is 437. The number of rotatable bonds is 4. The molecule has 6 nitrogen and oxygen atoms in total. The predicted octanol–water partition coefficient (Wildman–Crippen LogP) is 2.00. The summed E-state index contributed by atoms with van der Waals surface area (Å²) in [5.41, 5.74) is 5.52. The number of halogens is 1. The number of benzene rings is 1. The molecule has 0 aromatic heterocycles. The van der Waals surface area contributed by atoms with Gasteiger partial charge in [0.1, 0.15) is 0 Å². The minimum atomic E-state index is -0.779. The Labute approximate surface area is 104 Å². The lowest BCUT2D eigenvalue weighted by Crippen LogP contribution is -2.09. The van der Waals surface area contributed by atoms with Crippen molar-refractivity contribution in [2.45, 2.75) is 12.5 Å². The Kier molecular flexibility index (Phi) is 5.43. The van der Waals surface area contributed by atoms with Gasteiger partial charge >= 0.3 is 5.69 Å². The molecule has 1 rings (SSSR count). The predicted molar refractivity (Wildman–Crippen MR) is 65.4 cm³/mol. The maximum absolute atomic E-state index is 10.6. The van der Waals surface area contributed by atoms with Crippen molar-refractivity contribution < 1.29 is 15.1 Å². The number of nitrogens with zero attached hydrogens (tertiary/aromatic N) is 1. The van der Waals surface area contributed by atoms with Gasteiger partial charge in [-0.2, -0.15) is 0 Å². The van der Waals surface area contributed by atoms with E-state index in [2.05, 4.69) is 6.58 Å². The molecular weight excluding hydrogens is 248 g/mol. The molecular formula is C10H13ClN2O4. The average Bonchev–Trinajstić information content (AvgIpc) is 2.21. The van der Waals surface area contributed by atoms with Crippen LogP contribution in [0.15, 0.2) is 24.8 Å². The van der Waals surface area contributed by atoms with E-state index in [1.54, 1.807) is 6.08 Å². The first-order chi connectivity index (χ1) is 7.47. The number of phenolic OH excluding ortho intramolecular Hbond substituents is 2. The fourth-order valence-electron chi connectivity index (χ4n) is 1.29. The molecule has 0 bridgehead atoms. The van der Waals surface area contributed by atoms with Crippen LogP contribution in [0.4, 0.5) is 5.69 Å². The van der Waals surface area contributed by atoms with E-state index in [0.29, 0.717) is 12.0 Å². The zero-order chi connectivity index (χ0) is 12.3. The molecule has 94 valence electrons. The van der Waals surface area contributed by atoms with Crippen molar-refractivity contribution in [3.63, 3.8) is 0 Å². The largest absolute Gasteiger partial charge is 0.504 e. The van der Waals surface area contributed by atoms with Gasteiger partial charge in [-0.05, 0) is 18.1 Å². The first kappa shape index (κ1) is 15.2. The molecule has 0 saturated heterocycles. The smallest absolute Gasteiger partial charge is 0.314 e. The molecule has 0 fully saturated rings. The second kappa shape index (κ2) is 6.07. The second-order valence-corrected chi connectivity index (χ2v) is 3.30. The maximum Gasteiger partial charge on any atom is 0.314 e. The number of nitro benzene ring substituents is 1. The molecule has 0 spiro atoms. The van der Waals surface area contributed by atoms with E-state index in [1.165, 1.54) is 6.07 Å². The molecule has 4 N–H and O–H groups in total. The summed E-state index contributed by atoms with van der Waals surface area (Å²) in [6, 6.07) is 1.85. The van der Waals surface area contributed by atoms with E-state index < -0.39 is 28.2 Å². The molecule has 17 heavy (non-hydrogen) atoms. The molecule has 0 amide bonds. The van der Waals surface area contributed by atoms with Crippen molar-refractivity contribution in [1.82, 2.24) is 0 Å². The monoisotopic (exact) mass is 260 g/mol. The van der Waals surface area contributed by atoms with Gasteiger partial charge in [0.2, 0.25) is 5.75 Å². The summed E-state index contributed by atoms with van der Waals surface area (Å²) < 4.78 is 0. The maximum atomic E-state index is 10.6. The lowest BCUT2D eigenvalue weighted by molar-refractivity contribution is -0.386. The van der Waals surface area contributed by atoms with Crippen molar-refractivity contribution >= 4 is 18.1 Å². The standard InChI is InChI=1S/C10H12N2O4.ClH/c1-2-3-7(11)6-4-8(12(15)16)10(14)9(13)5-6;/h2,4-5,7,13-14H,1,3,11H2;1H/t7-;/m0./s1. The Morgan fingerprint density at radius 2 is 2.12 bits per heavy atom. The topological polar surface area (TPSA) is 110 Å². The van der Waals surface area contributed by atoms with Crippen molar-refractivity contribution in [3.05, 3.63) is 40.5 Å². The number of hydrogen-bond donors (Lipinski definition) is 3. The van der Waals surface area contributed by atoms with Crippen LogP contribution >= 0.6 is 12.4 Å². The summed E-state index contributed by atoms with van der Waals surface area (Å²) >= 11 is 0. The van der Waals surface area contributed by atoms with Gasteiger partial charge < -0.3 is 15.9 Å². The van der Waals surface area contributed by atoms with Gasteiger partial charge in [0.15, 0.2) is 5.75 Å². The van der Waals surface area contributed by atoms with Gasteiger partial charge in [-0.15, -0.1) is 19.0 Å². The molecule has 7 heteroatoms. The highest BCUT2D eigenvalue weighted by atomic mass is 35.5. The molecule has 1 atom stereocenters. The Morgan fingerprint density at radius 1 is 1.53 bits per heavy atom. The molecule has 0 aliphatic heterocycles. The summed E-state index contributed by atoms with van der Waals surface area (Å²) in [5, 5.41) is 29.1. The van der Waals surface area contributed by atoms with Crippen LogP contribution in [0.25, 0.3) is 0 Å². The van der Waals surface area contributed by atoms with Crippen LogP contribution in [0.2, 0.25) is 0 Å². The molecule has 0 radical (unpaired) electrons. The summed E-state index contributed by atoms with van der Waals surface area (Å²) in [6.45, 7) is 3.50. The lowest BCUT2D eigenvalue weighted by Gasteiger charge is -2.10. The Balaban J connectivity index is 0.00000256. The number of nitrogens with two attached hydrogens (primary N) is 1. The molecule has 0 unspecified atom stereocenters. The van der Waals surface area contributed by atoms with E-state index in [9.17, 15) is 20.3 Å². The summed E-state index contributed by atoms with van der Waals surface area (Å²) in [4.78, 5) is 9.80. The third-order valence-electron chi connectivity index (χ3n) is 2.14. The number of phenols is 2. The van der Waals surface area contributed by atoms with Crippen molar-refractivity contribution in [1.29, 1.82) is 0 Å². The third kappa shape index (κ3) is 3.33. The van der Waals surface area contributed by atoms with Crippen LogP contribution in [0.5, 0.6) is 11.5 Å². The van der Waals surface area contributed by atoms with Gasteiger partial charge in [-0.3, -0.25) is 10.1 Å². The summed E-state index contributed by atoms with van der Waals surface area (Å²) in [7, 11) is 0. The van der Waals surface area contributed by atoms with Crippen LogP contribution in [0.1, 0.15) is 18.0 Å². The van der Waals surface area contributed by atoms with E-state index >= 15 is 0 Å². The molecule has 1 aromatic rings. The highest BCUT2D eigenvalue weighted by Crippen LogP contribution is 2.37. The lowest BCUT2D eigenvalue weighted by atomic mass is 10.0. The summed E-state index contributed by atoms with van der Waals surface area (Å²) in [6.07, 6.45) is 1.99. The SMILES string of the molecule is C=CC[C@H](N)c1cc(O)c(O)c([N+](=O)[O-])c1.Cl. The molecule has 0 heterocycles. The zero-order valence-electron chi connectivity index (χ0n) is 8.87. The molecule has 1 aromatic carbocycles. The van der Waals surface area contributed by atoms with Crippen LogP contribution in [0, 0.1) is 10.1 Å². The molecule has 0 saturated carbocycles. The van der Waals surface area contributed by atoms with Gasteiger partial charge in [0.25, 0.3) is 0 Å². The molecule has 0 aliphatic carbocycles. The van der Waals surface area contributed by atoms with E-state index in [-0.39, 0.29) is 12.4 Å². The minimum Gasteiger partial charge on any atom is -0.504 e. The number of hydrogen-bond acceptors (Lipinski definition) is 5. The highest BCUT2D eigenvalue weighted by Gasteiger charge is 2.20. The van der Waals surface area contributed by atoms with Gasteiger partial charge in [-0.25, -0.2) is 0 Å². The quantitative estimate of drug-likeness (QED) is 0.332. The van der Waals surface area contributed by atoms with Gasteiger partial charge in [-0.1, -0.05) is 6.08 Å². The first-order valence-corrected chi connectivity index (χ1v) is 4.54.